The fraction of sp³-hybridized carbons (Fsp3) is 0.278. The molecule has 0 aliphatic heterocycles. The molecule has 0 aliphatic carbocycles. The fourth-order valence-electron chi connectivity index (χ4n) is 2.10. The van der Waals surface area contributed by atoms with Crippen molar-refractivity contribution in [2.24, 2.45) is 10.7 Å². The molecule has 10 heteroatoms. The van der Waals surface area contributed by atoms with Gasteiger partial charge in [-0.05, 0) is 29.8 Å². The Bertz CT molecular complexity index is 756. The summed E-state index contributed by atoms with van der Waals surface area (Å²) in [6.45, 7) is 0.946. The first-order valence-corrected chi connectivity index (χ1v) is 8.00. The van der Waals surface area contributed by atoms with Crippen molar-refractivity contribution < 1.29 is 27.4 Å². The number of alkyl halides is 3. The van der Waals surface area contributed by atoms with E-state index < -0.39 is 6.36 Å². The number of nitrogens with one attached hydrogen (secondary N) is 1. The number of hydrogen-bond donors (Lipinski definition) is 2. The monoisotopic (exact) mass is 511 g/mol. The summed E-state index contributed by atoms with van der Waals surface area (Å²) in [5, 5.41) is 2.59. The smallest absolute Gasteiger partial charge is 0.497 e. The van der Waals surface area contributed by atoms with Crippen LogP contribution < -0.4 is 20.5 Å². The Morgan fingerprint density at radius 2 is 1.79 bits per heavy atom. The summed E-state index contributed by atoms with van der Waals surface area (Å²) in [5.74, 6) is 0.331. The van der Waals surface area contributed by atoms with E-state index in [0.29, 0.717) is 13.2 Å². The molecule has 2 aromatic rings. The largest absolute Gasteiger partial charge is 0.573 e. The lowest BCUT2D eigenvalue weighted by molar-refractivity contribution is -0.274. The van der Waals surface area contributed by atoms with Crippen molar-refractivity contribution in [1.82, 2.24) is 0 Å². The lowest BCUT2D eigenvalue weighted by Gasteiger charge is -2.14. The van der Waals surface area contributed by atoms with E-state index in [1.807, 2.05) is 24.3 Å². The van der Waals surface area contributed by atoms with Gasteiger partial charge >= 0.3 is 6.36 Å². The van der Waals surface area contributed by atoms with E-state index >= 15 is 0 Å². The van der Waals surface area contributed by atoms with Crippen molar-refractivity contribution in [3.8, 4) is 11.5 Å². The molecule has 2 aromatic carbocycles. The van der Waals surface area contributed by atoms with Crippen molar-refractivity contribution in [3.63, 3.8) is 0 Å². The summed E-state index contributed by atoms with van der Waals surface area (Å²) in [6.07, 6.45) is -4.79. The molecule has 3 N–H and O–H groups in total. The normalized spacial score (nSPS) is 11.5. The first kappa shape index (κ1) is 23.8. The highest BCUT2D eigenvalue weighted by Gasteiger charge is 2.32. The van der Waals surface area contributed by atoms with E-state index in [2.05, 4.69) is 15.0 Å². The lowest BCUT2D eigenvalue weighted by atomic mass is 10.2. The molecule has 154 valence electrons. The summed E-state index contributed by atoms with van der Waals surface area (Å²) < 4.78 is 51.7. The zero-order valence-electron chi connectivity index (χ0n) is 15.0. The summed E-state index contributed by atoms with van der Waals surface area (Å²) in [6, 6.07) is 13.0. The number of rotatable bonds is 8. The molecule has 0 spiro atoms. The zero-order valence-corrected chi connectivity index (χ0v) is 17.4. The van der Waals surface area contributed by atoms with E-state index in [0.717, 1.165) is 11.3 Å². The van der Waals surface area contributed by atoms with Gasteiger partial charge in [0.15, 0.2) is 11.7 Å². The standard InChI is InChI=1S/C18H20F3N3O3.HI/c1-25-14-8-6-13(7-9-14)12-26-11-10-23-17(22)24-15-4-2-3-5-16(15)27-18(19,20)21;/h2-9H,10-12H2,1H3,(H3,22,23,24);1H. The molecule has 0 unspecified atom stereocenters. The summed E-state index contributed by atoms with van der Waals surface area (Å²) in [7, 11) is 1.59. The van der Waals surface area contributed by atoms with Gasteiger partial charge in [-0.2, -0.15) is 0 Å². The van der Waals surface area contributed by atoms with Gasteiger partial charge in [-0.3, -0.25) is 4.99 Å². The van der Waals surface area contributed by atoms with Gasteiger partial charge in [0.2, 0.25) is 0 Å². The predicted octanol–water partition coefficient (Wildman–Crippen LogP) is 4.16. The maximum Gasteiger partial charge on any atom is 0.573 e. The molecule has 0 aromatic heterocycles. The van der Waals surface area contributed by atoms with Crippen LogP contribution in [0.1, 0.15) is 5.56 Å². The Morgan fingerprint density at radius 3 is 2.43 bits per heavy atom. The molecule has 0 heterocycles. The SMILES string of the molecule is COc1ccc(COCCN=C(N)Nc2ccccc2OC(F)(F)F)cc1.I. The second kappa shape index (κ2) is 11.6. The second-order valence-corrected chi connectivity index (χ2v) is 5.34. The van der Waals surface area contributed by atoms with Gasteiger partial charge in [0.1, 0.15) is 5.75 Å². The van der Waals surface area contributed by atoms with Crippen molar-refractivity contribution in [1.29, 1.82) is 0 Å². The lowest BCUT2D eigenvalue weighted by Crippen LogP contribution is -2.25. The van der Waals surface area contributed by atoms with E-state index in [1.165, 1.54) is 18.2 Å². The topological polar surface area (TPSA) is 78.1 Å². The van der Waals surface area contributed by atoms with Crippen LogP contribution in [0.4, 0.5) is 18.9 Å². The fourth-order valence-corrected chi connectivity index (χ4v) is 2.10. The third kappa shape index (κ3) is 8.65. The minimum Gasteiger partial charge on any atom is -0.497 e. The summed E-state index contributed by atoms with van der Waals surface area (Å²) in [5.41, 5.74) is 6.74. The van der Waals surface area contributed by atoms with E-state index in [-0.39, 0.29) is 47.9 Å². The van der Waals surface area contributed by atoms with Crippen LogP contribution >= 0.6 is 24.0 Å². The van der Waals surface area contributed by atoms with E-state index in [9.17, 15) is 13.2 Å². The highest BCUT2D eigenvalue weighted by Crippen LogP contribution is 2.29. The number of aliphatic imine (C=N–C) groups is 1. The van der Waals surface area contributed by atoms with Crippen LogP contribution in [0.25, 0.3) is 0 Å². The molecule has 0 radical (unpaired) electrons. The van der Waals surface area contributed by atoms with Gasteiger partial charge in [-0.25, -0.2) is 0 Å². The molecule has 2 rings (SSSR count). The number of anilines is 1. The molecule has 28 heavy (non-hydrogen) atoms. The Morgan fingerprint density at radius 1 is 1.11 bits per heavy atom. The molecule has 0 amide bonds. The first-order valence-electron chi connectivity index (χ1n) is 8.00. The van der Waals surface area contributed by atoms with Crippen LogP contribution in [0.15, 0.2) is 53.5 Å². The van der Waals surface area contributed by atoms with E-state index in [1.54, 1.807) is 13.2 Å². The van der Waals surface area contributed by atoms with Crippen LogP contribution in [-0.4, -0.2) is 32.6 Å². The van der Waals surface area contributed by atoms with Gasteiger partial charge in [-0.1, -0.05) is 24.3 Å². The third-order valence-corrected chi connectivity index (χ3v) is 3.32. The molecule has 0 atom stereocenters. The maximum atomic E-state index is 12.4. The molecule has 0 fully saturated rings. The van der Waals surface area contributed by atoms with Gasteiger partial charge in [0.05, 0.1) is 32.6 Å². The number of guanidine groups is 1. The number of methoxy groups -OCH3 is 1. The highest BCUT2D eigenvalue weighted by molar-refractivity contribution is 14.0. The van der Waals surface area contributed by atoms with Crippen molar-refractivity contribution >= 4 is 35.6 Å². The average molecular weight is 511 g/mol. The van der Waals surface area contributed by atoms with Gasteiger partial charge < -0.3 is 25.3 Å². The Kier molecular flexibility index (Phi) is 9.87. The Balaban J connectivity index is 0.00000392. The van der Waals surface area contributed by atoms with Crippen molar-refractivity contribution in [2.45, 2.75) is 13.0 Å². The van der Waals surface area contributed by atoms with Crippen LogP contribution in [0, 0.1) is 0 Å². The molecule has 0 bridgehead atoms. The molecular formula is C18H21F3IN3O3. The number of ether oxygens (including phenoxy) is 3. The minimum atomic E-state index is -4.79. The van der Waals surface area contributed by atoms with Crippen LogP contribution in [0.5, 0.6) is 11.5 Å². The predicted molar refractivity (Wildman–Crippen MR) is 111 cm³/mol. The molecular weight excluding hydrogens is 490 g/mol. The van der Waals surface area contributed by atoms with Gasteiger partial charge in [0.25, 0.3) is 0 Å². The number of nitrogens with zero attached hydrogens (tertiary/aromatic N) is 1. The van der Waals surface area contributed by atoms with Crippen LogP contribution in [0.2, 0.25) is 0 Å². The third-order valence-electron chi connectivity index (χ3n) is 3.32. The second-order valence-electron chi connectivity index (χ2n) is 5.34. The summed E-state index contributed by atoms with van der Waals surface area (Å²) >= 11 is 0. The first-order chi connectivity index (χ1) is 12.9. The maximum absolute atomic E-state index is 12.4. The summed E-state index contributed by atoms with van der Waals surface area (Å²) in [4.78, 5) is 4.02. The number of benzene rings is 2. The van der Waals surface area contributed by atoms with Gasteiger partial charge in [0, 0.05) is 0 Å². The number of halogens is 4. The number of nitrogens with two attached hydrogens (primary N) is 1. The molecule has 0 saturated carbocycles. The van der Waals surface area contributed by atoms with Crippen molar-refractivity contribution in [3.05, 3.63) is 54.1 Å². The zero-order chi connectivity index (χ0) is 19.7. The number of hydrogen-bond acceptors (Lipinski definition) is 4. The average Bonchev–Trinajstić information content (AvgIpc) is 2.62. The van der Waals surface area contributed by atoms with Crippen LogP contribution in [0.3, 0.4) is 0 Å². The number of para-hydroxylation sites is 2. The quantitative estimate of drug-likeness (QED) is 0.241. The molecule has 0 saturated heterocycles. The minimum absolute atomic E-state index is 0. The molecule has 0 aliphatic rings. The molecule has 6 nitrogen and oxygen atoms in total. The van der Waals surface area contributed by atoms with Crippen LogP contribution in [-0.2, 0) is 11.3 Å². The Hall–Kier alpha value is -2.21. The van der Waals surface area contributed by atoms with Gasteiger partial charge in [-0.15, -0.1) is 37.1 Å². The Labute approximate surface area is 177 Å². The highest BCUT2D eigenvalue weighted by atomic mass is 127. The van der Waals surface area contributed by atoms with Crippen molar-refractivity contribution in [2.75, 3.05) is 25.6 Å². The van der Waals surface area contributed by atoms with E-state index in [4.69, 9.17) is 15.2 Å².